The van der Waals surface area contributed by atoms with Gasteiger partial charge in [0.25, 0.3) is 5.69 Å². The van der Waals surface area contributed by atoms with E-state index in [1.807, 2.05) is 0 Å². The number of hydrogen-bond acceptors (Lipinski definition) is 5. The highest BCUT2D eigenvalue weighted by Crippen LogP contribution is 2.25. The molecule has 1 aliphatic rings. The van der Waals surface area contributed by atoms with Crippen molar-refractivity contribution >= 4 is 35.1 Å². The SMILES string of the molecule is CN1C(=O)C(=O)N(Cc2cc([N+](=O)[O-])ccc2Cl)C1=O. The second kappa shape index (κ2) is 4.89. The summed E-state index contributed by atoms with van der Waals surface area (Å²) in [5.41, 5.74) is -0.00570. The molecule has 0 aromatic heterocycles. The minimum Gasteiger partial charge on any atom is -0.263 e. The highest BCUT2D eigenvalue weighted by Gasteiger charge is 2.42. The highest BCUT2D eigenvalue weighted by atomic mass is 35.5. The Kier molecular flexibility index (Phi) is 3.41. The molecular weight excluding hydrogens is 290 g/mol. The number of carbonyl (C=O) groups is 3. The average Bonchev–Trinajstić information content (AvgIpc) is 2.58. The molecule has 1 aliphatic heterocycles. The summed E-state index contributed by atoms with van der Waals surface area (Å²) in [6, 6.07) is 2.87. The van der Waals surface area contributed by atoms with Crippen LogP contribution in [0.15, 0.2) is 18.2 Å². The van der Waals surface area contributed by atoms with E-state index >= 15 is 0 Å². The van der Waals surface area contributed by atoms with Crippen LogP contribution >= 0.6 is 11.6 Å². The number of hydrogen-bond donors (Lipinski definition) is 0. The van der Waals surface area contributed by atoms with E-state index in [4.69, 9.17) is 11.6 Å². The Morgan fingerprint density at radius 1 is 1.25 bits per heavy atom. The van der Waals surface area contributed by atoms with E-state index in [0.717, 1.165) is 6.07 Å². The van der Waals surface area contributed by atoms with Gasteiger partial charge >= 0.3 is 17.8 Å². The first-order valence-corrected chi connectivity index (χ1v) is 5.77. The normalized spacial score (nSPS) is 15.2. The molecule has 20 heavy (non-hydrogen) atoms. The quantitative estimate of drug-likeness (QED) is 0.361. The van der Waals surface area contributed by atoms with Gasteiger partial charge in [-0.15, -0.1) is 0 Å². The lowest BCUT2D eigenvalue weighted by Gasteiger charge is -2.13. The largest absolute Gasteiger partial charge is 0.334 e. The van der Waals surface area contributed by atoms with E-state index in [1.54, 1.807) is 0 Å². The van der Waals surface area contributed by atoms with Crippen molar-refractivity contribution in [2.24, 2.45) is 0 Å². The smallest absolute Gasteiger partial charge is 0.263 e. The van der Waals surface area contributed by atoms with Gasteiger partial charge in [0.1, 0.15) is 0 Å². The maximum absolute atomic E-state index is 11.7. The van der Waals surface area contributed by atoms with Gasteiger partial charge in [-0.25, -0.2) is 4.79 Å². The van der Waals surface area contributed by atoms with E-state index in [-0.39, 0.29) is 22.8 Å². The maximum Gasteiger partial charge on any atom is 0.334 e. The Hall–Kier alpha value is -2.48. The van der Waals surface area contributed by atoms with Crippen LogP contribution in [-0.2, 0) is 16.1 Å². The molecule has 8 nitrogen and oxygen atoms in total. The third kappa shape index (κ3) is 2.21. The minimum atomic E-state index is -0.986. The van der Waals surface area contributed by atoms with Crippen LogP contribution in [0.3, 0.4) is 0 Å². The first-order chi connectivity index (χ1) is 9.32. The molecule has 1 fully saturated rings. The fraction of sp³-hybridized carbons (Fsp3) is 0.182. The average molecular weight is 298 g/mol. The molecule has 9 heteroatoms. The van der Waals surface area contributed by atoms with Crippen LogP contribution in [0.1, 0.15) is 5.56 Å². The number of benzene rings is 1. The van der Waals surface area contributed by atoms with Crippen LogP contribution < -0.4 is 0 Å². The van der Waals surface area contributed by atoms with Gasteiger partial charge in [-0.05, 0) is 11.6 Å². The molecule has 1 heterocycles. The Balaban J connectivity index is 2.33. The number of amides is 4. The lowest BCUT2D eigenvalue weighted by atomic mass is 10.2. The Labute approximate surface area is 117 Å². The molecule has 1 aromatic carbocycles. The van der Waals surface area contributed by atoms with Crippen LogP contribution in [0.2, 0.25) is 5.02 Å². The van der Waals surface area contributed by atoms with Gasteiger partial charge in [0, 0.05) is 24.2 Å². The zero-order chi connectivity index (χ0) is 15.0. The van der Waals surface area contributed by atoms with Crippen LogP contribution in [0.4, 0.5) is 10.5 Å². The van der Waals surface area contributed by atoms with E-state index < -0.39 is 22.8 Å². The maximum atomic E-state index is 11.7. The summed E-state index contributed by atoms with van der Waals surface area (Å²) in [4.78, 5) is 46.1. The van der Waals surface area contributed by atoms with Crippen molar-refractivity contribution in [3.8, 4) is 0 Å². The number of likely N-dealkylation sites (N-methyl/N-ethyl adjacent to an activating group) is 1. The molecule has 1 aromatic rings. The summed E-state index contributed by atoms with van der Waals surface area (Å²) in [5, 5.41) is 10.9. The molecule has 4 amide bonds. The fourth-order valence-electron chi connectivity index (χ4n) is 1.72. The van der Waals surface area contributed by atoms with E-state index in [1.165, 1.54) is 19.2 Å². The number of nitro benzene ring substituents is 1. The predicted octanol–water partition coefficient (Wildman–Crippen LogP) is 1.17. The van der Waals surface area contributed by atoms with E-state index in [2.05, 4.69) is 0 Å². The summed E-state index contributed by atoms with van der Waals surface area (Å²) in [7, 11) is 1.18. The first-order valence-electron chi connectivity index (χ1n) is 5.39. The summed E-state index contributed by atoms with van der Waals surface area (Å²) in [6.45, 7) is -0.297. The van der Waals surface area contributed by atoms with Crippen LogP contribution in [0, 0.1) is 10.1 Å². The summed E-state index contributed by atoms with van der Waals surface area (Å²) in [5.74, 6) is -1.93. The monoisotopic (exact) mass is 297 g/mol. The van der Waals surface area contributed by atoms with Crippen molar-refractivity contribution in [3.05, 3.63) is 38.9 Å². The lowest BCUT2D eigenvalue weighted by molar-refractivity contribution is -0.384. The van der Waals surface area contributed by atoms with Crippen molar-refractivity contribution < 1.29 is 19.3 Å². The Morgan fingerprint density at radius 3 is 2.40 bits per heavy atom. The molecule has 104 valence electrons. The third-order valence-corrected chi connectivity index (χ3v) is 3.19. The molecule has 0 bridgehead atoms. The summed E-state index contributed by atoms with van der Waals surface area (Å²) in [6.07, 6.45) is 0. The van der Waals surface area contributed by atoms with Crippen molar-refractivity contribution in [1.29, 1.82) is 0 Å². The van der Waals surface area contributed by atoms with Gasteiger partial charge in [-0.1, -0.05) is 11.6 Å². The second-order valence-electron chi connectivity index (χ2n) is 4.07. The number of urea groups is 1. The molecule has 1 saturated heterocycles. The number of halogens is 1. The van der Waals surface area contributed by atoms with Gasteiger partial charge in [0.2, 0.25) is 0 Å². The number of carbonyl (C=O) groups excluding carboxylic acids is 3. The molecule has 0 N–H and O–H groups in total. The summed E-state index contributed by atoms with van der Waals surface area (Å²) >= 11 is 5.88. The van der Waals surface area contributed by atoms with Gasteiger partial charge in [0.15, 0.2) is 0 Å². The van der Waals surface area contributed by atoms with Crippen LogP contribution in [0.5, 0.6) is 0 Å². The molecule has 0 unspecified atom stereocenters. The topological polar surface area (TPSA) is 101 Å². The van der Waals surface area contributed by atoms with E-state index in [0.29, 0.717) is 9.80 Å². The summed E-state index contributed by atoms with van der Waals surface area (Å²) < 4.78 is 0. The number of nitrogens with zero attached hydrogens (tertiary/aromatic N) is 3. The lowest BCUT2D eigenvalue weighted by Crippen LogP contribution is -2.31. The van der Waals surface area contributed by atoms with Crippen molar-refractivity contribution in [2.75, 3.05) is 7.05 Å². The molecule has 0 radical (unpaired) electrons. The zero-order valence-electron chi connectivity index (χ0n) is 10.2. The van der Waals surface area contributed by atoms with Gasteiger partial charge < -0.3 is 0 Å². The minimum absolute atomic E-state index is 0.165. The Bertz CT molecular complexity index is 645. The number of rotatable bonds is 3. The molecule has 2 rings (SSSR count). The van der Waals surface area contributed by atoms with Gasteiger partial charge in [-0.2, -0.15) is 0 Å². The molecule has 0 spiro atoms. The molecule has 0 atom stereocenters. The Morgan fingerprint density at radius 2 is 1.90 bits per heavy atom. The van der Waals surface area contributed by atoms with Crippen LogP contribution in [0.25, 0.3) is 0 Å². The molecule has 0 aliphatic carbocycles. The standard InChI is InChI=1S/C11H8ClN3O5/c1-13-9(16)10(17)14(11(13)18)5-6-4-7(15(19)20)2-3-8(6)12/h2-4H,5H2,1H3. The van der Waals surface area contributed by atoms with Crippen molar-refractivity contribution in [1.82, 2.24) is 9.80 Å². The number of non-ortho nitro benzene ring substituents is 1. The van der Waals surface area contributed by atoms with Crippen molar-refractivity contribution in [3.63, 3.8) is 0 Å². The van der Waals surface area contributed by atoms with E-state index in [9.17, 15) is 24.5 Å². The van der Waals surface area contributed by atoms with Gasteiger partial charge in [-0.3, -0.25) is 29.5 Å². The predicted molar refractivity (Wildman–Crippen MR) is 66.8 cm³/mol. The van der Waals surface area contributed by atoms with Crippen molar-refractivity contribution in [2.45, 2.75) is 6.54 Å². The first kappa shape index (κ1) is 13.9. The second-order valence-corrected chi connectivity index (χ2v) is 4.48. The number of nitro groups is 1. The third-order valence-electron chi connectivity index (χ3n) is 2.82. The fourth-order valence-corrected chi connectivity index (χ4v) is 1.90. The highest BCUT2D eigenvalue weighted by molar-refractivity contribution is 6.44. The van der Waals surface area contributed by atoms with Crippen LogP contribution in [-0.4, -0.2) is 39.6 Å². The van der Waals surface area contributed by atoms with Gasteiger partial charge in [0.05, 0.1) is 11.5 Å². The molecule has 0 saturated carbocycles. The zero-order valence-corrected chi connectivity index (χ0v) is 11.0. The molecular formula is C11H8ClN3O5. The number of imide groups is 2.